The van der Waals surface area contributed by atoms with Gasteiger partial charge >= 0.3 is 0 Å². The van der Waals surface area contributed by atoms with E-state index in [1.54, 1.807) is 31.5 Å². The maximum Gasteiger partial charge on any atom is 0.251 e. The first-order valence-electron chi connectivity index (χ1n) is 5.16. The summed E-state index contributed by atoms with van der Waals surface area (Å²) in [5.41, 5.74) is 6.80. The molecule has 0 saturated carbocycles. The van der Waals surface area contributed by atoms with Crippen molar-refractivity contribution < 1.29 is 4.79 Å². The van der Waals surface area contributed by atoms with Crippen molar-refractivity contribution in [2.75, 3.05) is 5.73 Å². The van der Waals surface area contributed by atoms with Gasteiger partial charge in [0.25, 0.3) is 5.91 Å². The van der Waals surface area contributed by atoms with Crippen molar-refractivity contribution in [3.05, 3.63) is 41.6 Å². The number of anilines is 1. The van der Waals surface area contributed by atoms with E-state index in [4.69, 9.17) is 5.73 Å². The van der Waals surface area contributed by atoms with Gasteiger partial charge in [0.15, 0.2) is 0 Å². The summed E-state index contributed by atoms with van der Waals surface area (Å²) >= 11 is 0. The third kappa shape index (κ3) is 2.81. The highest BCUT2D eigenvalue weighted by Crippen LogP contribution is 2.06. The quantitative estimate of drug-likeness (QED) is 0.721. The molecule has 0 fully saturated rings. The fourth-order valence-corrected chi connectivity index (χ4v) is 1.49. The average Bonchev–Trinajstić information content (AvgIpc) is 2.77. The number of aromatic nitrogens is 3. The molecule has 88 valence electrons. The number of carbonyl (C=O) groups excluding carboxylic acids is 1. The van der Waals surface area contributed by atoms with E-state index in [2.05, 4.69) is 20.3 Å². The number of pyridine rings is 1. The van der Waals surface area contributed by atoms with Crippen molar-refractivity contribution in [1.82, 2.24) is 20.3 Å². The molecule has 2 heterocycles. The van der Waals surface area contributed by atoms with E-state index in [0.717, 1.165) is 0 Å². The number of rotatable bonds is 3. The molecule has 0 unspecified atom stereocenters. The van der Waals surface area contributed by atoms with E-state index < -0.39 is 0 Å². The molecule has 1 amide bonds. The van der Waals surface area contributed by atoms with Crippen molar-refractivity contribution in [1.29, 1.82) is 0 Å². The number of nitrogen functional groups attached to an aromatic ring is 1. The lowest BCUT2D eigenvalue weighted by atomic mass is 10.2. The predicted molar refractivity (Wildman–Crippen MR) is 63.1 cm³/mol. The SMILES string of the molecule is Cc1cc(C(=O)NCc2ncc[nH]2)cc(N)n1. The van der Waals surface area contributed by atoms with Crippen molar-refractivity contribution in [2.45, 2.75) is 13.5 Å². The summed E-state index contributed by atoms with van der Waals surface area (Å²) in [6.07, 6.45) is 3.34. The number of nitrogens with zero attached hydrogens (tertiary/aromatic N) is 2. The summed E-state index contributed by atoms with van der Waals surface area (Å²) in [5.74, 6) is 0.851. The molecule has 17 heavy (non-hydrogen) atoms. The van der Waals surface area contributed by atoms with E-state index in [-0.39, 0.29) is 5.91 Å². The van der Waals surface area contributed by atoms with Crippen LogP contribution < -0.4 is 11.1 Å². The Labute approximate surface area is 98.3 Å². The fourth-order valence-electron chi connectivity index (χ4n) is 1.49. The topological polar surface area (TPSA) is 96.7 Å². The lowest BCUT2D eigenvalue weighted by molar-refractivity contribution is 0.0950. The number of H-pyrrole nitrogens is 1. The highest BCUT2D eigenvalue weighted by Gasteiger charge is 2.07. The lowest BCUT2D eigenvalue weighted by Crippen LogP contribution is -2.23. The molecular formula is C11H13N5O. The highest BCUT2D eigenvalue weighted by molar-refractivity contribution is 5.94. The van der Waals surface area contributed by atoms with Gasteiger partial charge < -0.3 is 16.0 Å². The Bertz CT molecular complexity index is 500. The van der Waals surface area contributed by atoms with Crippen LogP contribution in [0.1, 0.15) is 21.9 Å². The van der Waals surface area contributed by atoms with Crippen LogP contribution in [0.2, 0.25) is 0 Å². The van der Waals surface area contributed by atoms with Gasteiger partial charge in [0.1, 0.15) is 11.6 Å². The highest BCUT2D eigenvalue weighted by atomic mass is 16.1. The number of aryl methyl sites for hydroxylation is 1. The van der Waals surface area contributed by atoms with Crippen LogP contribution in [0.25, 0.3) is 0 Å². The van der Waals surface area contributed by atoms with E-state index in [0.29, 0.717) is 29.4 Å². The largest absolute Gasteiger partial charge is 0.384 e. The van der Waals surface area contributed by atoms with Crippen LogP contribution >= 0.6 is 0 Å². The molecule has 4 N–H and O–H groups in total. The summed E-state index contributed by atoms with van der Waals surface area (Å²) in [6, 6.07) is 3.23. The third-order valence-corrected chi connectivity index (χ3v) is 2.21. The Balaban J connectivity index is 2.04. The Morgan fingerprint density at radius 2 is 2.35 bits per heavy atom. The second-order valence-electron chi connectivity index (χ2n) is 3.64. The van der Waals surface area contributed by atoms with Crippen LogP contribution in [0.3, 0.4) is 0 Å². The number of aromatic amines is 1. The lowest BCUT2D eigenvalue weighted by Gasteiger charge is -2.05. The van der Waals surface area contributed by atoms with Crippen molar-refractivity contribution >= 4 is 11.7 Å². The summed E-state index contributed by atoms with van der Waals surface area (Å²) in [7, 11) is 0. The molecule has 0 atom stereocenters. The summed E-state index contributed by atoms with van der Waals surface area (Å²) in [4.78, 5) is 22.7. The van der Waals surface area contributed by atoms with Crippen LogP contribution in [-0.4, -0.2) is 20.9 Å². The van der Waals surface area contributed by atoms with Crippen molar-refractivity contribution in [2.24, 2.45) is 0 Å². The molecule has 0 aliphatic carbocycles. The Hall–Kier alpha value is -2.37. The summed E-state index contributed by atoms with van der Waals surface area (Å²) in [6.45, 7) is 2.15. The molecule has 0 radical (unpaired) electrons. The minimum Gasteiger partial charge on any atom is -0.384 e. The minimum atomic E-state index is -0.196. The molecule has 0 spiro atoms. The molecule has 2 aromatic heterocycles. The number of amides is 1. The molecule has 2 aromatic rings. The Kier molecular flexibility index (Phi) is 3.04. The Morgan fingerprint density at radius 1 is 1.53 bits per heavy atom. The second kappa shape index (κ2) is 4.65. The summed E-state index contributed by atoms with van der Waals surface area (Å²) in [5, 5.41) is 2.74. The van der Waals surface area contributed by atoms with E-state index in [1.165, 1.54) is 0 Å². The first-order chi connectivity index (χ1) is 8.15. The molecule has 0 aliphatic rings. The summed E-state index contributed by atoms with van der Waals surface area (Å²) < 4.78 is 0. The molecule has 6 heteroatoms. The molecule has 0 bridgehead atoms. The monoisotopic (exact) mass is 231 g/mol. The van der Waals surface area contributed by atoms with Crippen LogP contribution in [0, 0.1) is 6.92 Å². The van der Waals surface area contributed by atoms with E-state index in [1.807, 2.05) is 0 Å². The van der Waals surface area contributed by atoms with Crippen LogP contribution in [0.4, 0.5) is 5.82 Å². The zero-order valence-electron chi connectivity index (χ0n) is 9.40. The molecular weight excluding hydrogens is 218 g/mol. The van der Waals surface area contributed by atoms with Crippen LogP contribution in [-0.2, 0) is 6.54 Å². The smallest absolute Gasteiger partial charge is 0.251 e. The predicted octanol–water partition coefficient (Wildman–Crippen LogP) is 0.625. The first kappa shape index (κ1) is 11.1. The van der Waals surface area contributed by atoms with Gasteiger partial charge in [-0.05, 0) is 19.1 Å². The zero-order chi connectivity index (χ0) is 12.3. The van der Waals surface area contributed by atoms with Gasteiger partial charge in [-0.15, -0.1) is 0 Å². The normalized spacial score (nSPS) is 10.2. The van der Waals surface area contributed by atoms with Crippen LogP contribution in [0.15, 0.2) is 24.5 Å². The number of nitrogens with two attached hydrogens (primary N) is 1. The van der Waals surface area contributed by atoms with Crippen molar-refractivity contribution in [3.8, 4) is 0 Å². The van der Waals surface area contributed by atoms with Gasteiger partial charge in [-0.3, -0.25) is 4.79 Å². The van der Waals surface area contributed by atoms with Gasteiger partial charge in [0, 0.05) is 23.7 Å². The molecule has 2 rings (SSSR count). The number of imidazole rings is 1. The molecule has 0 saturated heterocycles. The zero-order valence-corrected chi connectivity index (χ0v) is 9.40. The van der Waals surface area contributed by atoms with Gasteiger partial charge in [0.05, 0.1) is 6.54 Å². The standard InChI is InChI=1S/C11H13N5O/c1-7-4-8(5-9(12)16-7)11(17)15-6-10-13-2-3-14-10/h2-5H,6H2,1H3,(H2,12,16)(H,13,14)(H,15,17). The maximum absolute atomic E-state index is 11.8. The minimum absolute atomic E-state index is 0.196. The molecule has 6 nitrogen and oxygen atoms in total. The van der Waals surface area contributed by atoms with Gasteiger partial charge in [-0.1, -0.05) is 0 Å². The average molecular weight is 231 g/mol. The number of hydrogen-bond acceptors (Lipinski definition) is 4. The molecule has 0 aliphatic heterocycles. The number of hydrogen-bond donors (Lipinski definition) is 3. The molecule has 0 aromatic carbocycles. The van der Waals surface area contributed by atoms with Gasteiger partial charge in [0.2, 0.25) is 0 Å². The Morgan fingerprint density at radius 3 is 3.00 bits per heavy atom. The van der Waals surface area contributed by atoms with Gasteiger partial charge in [-0.25, -0.2) is 9.97 Å². The maximum atomic E-state index is 11.8. The number of nitrogens with one attached hydrogen (secondary N) is 2. The van der Waals surface area contributed by atoms with E-state index >= 15 is 0 Å². The van der Waals surface area contributed by atoms with Crippen molar-refractivity contribution in [3.63, 3.8) is 0 Å². The van der Waals surface area contributed by atoms with Gasteiger partial charge in [-0.2, -0.15) is 0 Å². The first-order valence-corrected chi connectivity index (χ1v) is 5.16. The number of carbonyl (C=O) groups is 1. The third-order valence-electron chi connectivity index (χ3n) is 2.21. The second-order valence-corrected chi connectivity index (χ2v) is 3.64. The fraction of sp³-hybridized carbons (Fsp3) is 0.182. The van der Waals surface area contributed by atoms with Crippen LogP contribution in [0.5, 0.6) is 0 Å². The van der Waals surface area contributed by atoms with E-state index in [9.17, 15) is 4.79 Å².